The van der Waals surface area contributed by atoms with Crippen LogP contribution in [0.3, 0.4) is 0 Å². The van der Waals surface area contributed by atoms with E-state index in [1.54, 1.807) is 51.8 Å². The topological polar surface area (TPSA) is 95.0 Å². The molecule has 3 rings (SSSR count). The summed E-state index contributed by atoms with van der Waals surface area (Å²) in [6.45, 7) is 3.14. The molecule has 1 aliphatic heterocycles. The summed E-state index contributed by atoms with van der Waals surface area (Å²) < 4.78 is 21.3. The number of methoxy groups -OCH3 is 3. The predicted octanol–water partition coefficient (Wildman–Crippen LogP) is 1.67. The van der Waals surface area contributed by atoms with Crippen molar-refractivity contribution in [1.29, 1.82) is 0 Å². The third-order valence-electron chi connectivity index (χ3n) is 4.55. The van der Waals surface area contributed by atoms with Crippen molar-refractivity contribution in [2.45, 2.75) is 6.54 Å². The molecule has 9 nitrogen and oxygen atoms in total. The second kappa shape index (κ2) is 10.4. The zero-order chi connectivity index (χ0) is 21.3. The summed E-state index contributed by atoms with van der Waals surface area (Å²) in [4.78, 5) is 23.2. The predicted molar refractivity (Wildman–Crippen MR) is 112 cm³/mol. The van der Waals surface area contributed by atoms with Crippen LogP contribution in [0.1, 0.15) is 11.3 Å². The van der Waals surface area contributed by atoms with Gasteiger partial charge in [-0.25, -0.2) is 9.97 Å². The Bertz CT molecular complexity index is 872. The lowest BCUT2D eigenvalue weighted by molar-refractivity contribution is -0.116. The first-order valence-corrected chi connectivity index (χ1v) is 9.55. The van der Waals surface area contributed by atoms with Gasteiger partial charge in [-0.05, 0) is 29.8 Å². The number of hydrogen-bond acceptors (Lipinski definition) is 8. The van der Waals surface area contributed by atoms with Crippen molar-refractivity contribution < 1.29 is 23.7 Å². The standard InChI is InChI=1S/C21H26N4O5/c1-27-17-12-15(13-18(28-2)20(17)29-3)4-5-19(26)23-14-16-6-7-22-21(24-16)25-8-10-30-11-9-25/h4-7,12-13H,8-11,14H2,1-3H3,(H,23,26)/b5-4+. The number of amides is 1. The molecule has 160 valence electrons. The van der Waals surface area contributed by atoms with Gasteiger partial charge in [0.15, 0.2) is 11.5 Å². The summed E-state index contributed by atoms with van der Waals surface area (Å²) in [6.07, 6.45) is 4.83. The Morgan fingerprint density at radius 2 is 1.87 bits per heavy atom. The molecule has 1 aliphatic rings. The average molecular weight is 414 g/mol. The molecular weight excluding hydrogens is 388 g/mol. The third kappa shape index (κ3) is 5.38. The van der Waals surface area contributed by atoms with Crippen molar-refractivity contribution in [1.82, 2.24) is 15.3 Å². The third-order valence-corrected chi connectivity index (χ3v) is 4.55. The fourth-order valence-electron chi connectivity index (χ4n) is 3.00. The molecule has 0 radical (unpaired) electrons. The molecule has 2 heterocycles. The Morgan fingerprint density at radius 1 is 1.17 bits per heavy atom. The van der Waals surface area contributed by atoms with E-state index in [9.17, 15) is 4.79 Å². The van der Waals surface area contributed by atoms with Gasteiger partial charge in [-0.15, -0.1) is 0 Å². The zero-order valence-corrected chi connectivity index (χ0v) is 17.4. The maximum absolute atomic E-state index is 12.3. The normalized spacial score (nSPS) is 13.9. The molecule has 1 N–H and O–H groups in total. The van der Waals surface area contributed by atoms with Crippen LogP contribution in [0.25, 0.3) is 6.08 Å². The van der Waals surface area contributed by atoms with Gasteiger partial charge >= 0.3 is 0 Å². The van der Waals surface area contributed by atoms with Gasteiger partial charge in [-0.2, -0.15) is 0 Å². The molecule has 0 bridgehead atoms. The molecular formula is C21H26N4O5. The largest absolute Gasteiger partial charge is 0.493 e. The molecule has 1 saturated heterocycles. The minimum absolute atomic E-state index is 0.240. The van der Waals surface area contributed by atoms with Crippen LogP contribution in [-0.4, -0.2) is 63.5 Å². The lowest BCUT2D eigenvalue weighted by Gasteiger charge is -2.26. The number of hydrogen-bond donors (Lipinski definition) is 1. The van der Waals surface area contributed by atoms with Gasteiger partial charge in [0.25, 0.3) is 0 Å². The van der Waals surface area contributed by atoms with Gasteiger partial charge in [-0.3, -0.25) is 4.79 Å². The van der Waals surface area contributed by atoms with E-state index in [0.29, 0.717) is 43.0 Å². The van der Waals surface area contributed by atoms with Crippen molar-refractivity contribution >= 4 is 17.9 Å². The second-order valence-corrected chi connectivity index (χ2v) is 6.46. The number of benzene rings is 1. The molecule has 0 saturated carbocycles. The number of morpholine rings is 1. The molecule has 0 atom stereocenters. The van der Waals surface area contributed by atoms with E-state index < -0.39 is 0 Å². The fraction of sp³-hybridized carbons (Fsp3) is 0.381. The first-order valence-electron chi connectivity index (χ1n) is 9.55. The van der Waals surface area contributed by atoms with Crippen molar-refractivity contribution in [3.8, 4) is 17.2 Å². The monoisotopic (exact) mass is 414 g/mol. The van der Waals surface area contributed by atoms with E-state index in [1.807, 2.05) is 0 Å². The highest BCUT2D eigenvalue weighted by atomic mass is 16.5. The summed E-state index contributed by atoms with van der Waals surface area (Å²) in [7, 11) is 4.63. The summed E-state index contributed by atoms with van der Waals surface area (Å²) in [5.74, 6) is 1.96. The van der Waals surface area contributed by atoms with Crippen molar-refractivity contribution in [2.24, 2.45) is 0 Å². The van der Waals surface area contributed by atoms with Crippen molar-refractivity contribution in [3.63, 3.8) is 0 Å². The number of aromatic nitrogens is 2. The van der Waals surface area contributed by atoms with E-state index >= 15 is 0 Å². The van der Waals surface area contributed by atoms with Crippen LogP contribution in [0.4, 0.5) is 5.95 Å². The minimum Gasteiger partial charge on any atom is -0.493 e. The zero-order valence-electron chi connectivity index (χ0n) is 17.4. The molecule has 1 aromatic carbocycles. The Balaban J connectivity index is 1.61. The van der Waals surface area contributed by atoms with Crippen molar-refractivity contribution in [2.75, 3.05) is 52.5 Å². The first kappa shape index (κ1) is 21.4. The Kier molecular flexibility index (Phi) is 7.45. The number of carbonyl (C=O) groups is 1. The molecule has 2 aromatic rings. The van der Waals surface area contributed by atoms with E-state index in [4.69, 9.17) is 18.9 Å². The highest BCUT2D eigenvalue weighted by molar-refractivity contribution is 5.91. The first-order chi connectivity index (χ1) is 14.6. The summed E-state index contributed by atoms with van der Waals surface area (Å²) >= 11 is 0. The number of nitrogens with zero attached hydrogens (tertiary/aromatic N) is 3. The molecule has 0 spiro atoms. The molecule has 0 aliphatic carbocycles. The Labute approximate surface area is 175 Å². The summed E-state index contributed by atoms with van der Waals surface area (Å²) in [5.41, 5.74) is 1.48. The maximum Gasteiger partial charge on any atom is 0.244 e. The Hall–Kier alpha value is -3.33. The number of carbonyl (C=O) groups excluding carboxylic acids is 1. The summed E-state index contributed by atoms with van der Waals surface area (Å²) in [5, 5.41) is 2.83. The molecule has 9 heteroatoms. The van der Waals surface area contributed by atoms with Crippen LogP contribution >= 0.6 is 0 Å². The quantitative estimate of drug-likeness (QED) is 0.652. The van der Waals surface area contributed by atoms with Crippen LogP contribution in [0, 0.1) is 0 Å². The molecule has 30 heavy (non-hydrogen) atoms. The second-order valence-electron chi connectivity index (χ2n) is 6.46. The van der Waals surface area contributed by atoms with E-state index in [-0.39, 0.29) is 5.91 Å². The lowest BCUT2D eigenvalue weighted by Crippen LogP contribution is -2.37. The van der Waals surface area contributed by atoms with Gasteiger partial charge in [0.2, 0.25) is 17.6 Å². The number of anilines is 1. The highest BCUT2D eigenvalue weighted by Gasteiger charge is 2.14. The smallest absolute Gasteiger partial charge is 0.244 e. The van der Waals surface area contributed by atoms with Crippen molar-refractivity contribution in [3.05, 3.63) is 41.7 Å². The highest BCUT2D eigenvalue weighted by Crippen LogP contribution is 2.38. The van der Waals surface area contributed by atoms with Gasteiger partial charge < -0.3 is 29.2 Å². The lowest BCUT2D eigenvalue weighted by atomic mass is 10.1. The SMILES string of the molecule is COc1cc(/C=C/C(=O)NCc2ccnc(N3CCOCC3)n2)cc(OC)c1OC. The van der Waals surface area contributed by atoms with Crippen LogP contribution < -0.4 is 24.4 Å². The van der Waals surface area contributed by atoms with Crippen LogP contribution in [0.2, 0.25) is 0 Å². The number of rotatable bonds is 8. The van der Waals surface area contributed by atoms with Crippen LogP contribution in [0.5, 0.6) is 17.2 Å². The summed E-state index contributed by atoms with van der Waals surface area (Å²) in [6, 6.07) is 5.32. The van der Waals surface area contributed by atoms with Gasteiger partial charge in [0.1, 0.15) is 0 Å². The van der Waals surface area contributed by atoms with E-state index in [0.717, 1.165) is 24.3 Å². The Morgan fingerprint density at radius 3 is 2.50 bits per heavy atom. The van der Waals surface area contributed by atoms with Gasteiger partial charge in [0.05, 0.1) is 46.8 Å². The van der Waals surface area contributed by atoms with Crippen LogP contribution in [0.15, 0.2) is 30.5 Å². The molecule has 0 unspecified atom stereocenters. The number of ether oxygens (including phenoxy) is 4. The maximum atomic E-state index is 12.3. The average Bonchev–Trinajstić information content (AvgIpc) is 2.81. The fourth-order valence-corrected chi connectivity index (χ4v) is 3.00. The molecule has 1 aromatic heterocycles. The minimum atomic E-state index is -0.240. The molecule has 1 fully saturated rings. The van der Waals surface area contributed by atoms with E-state index in [1.165, 1.54) is 6.08 Å². The number of nitrogens with one attached hydrogen (secondary N) is 1. The van der Waals surface area contributed by atoms with Gasteiger partial charge in [-0.1, -0.05) is 0 Å². The van der Waals surface area contributed by atoms with E-state index in [2.05, 4.69) is 20.2 Å². The van der Waals surface area contributed by atoms with Crippen LogP contribution in [-0.2, 0) is 16.1 Å². The molecule has 1 amide bonds. The van der Waals surface area contributed by atoms with Gasteiger partial charge in [0, 0.05) is 25.4 Å².